The molecular formula is C11H15N3O2. The summed E-state index contributed by atoms with van der Waals surface area (Å²) in [6.07, 6.45) is 5.08. The van der Waals surface area contributed by atoms with Crippen molar-refractivity contribution in [2.75, 3.05) is 13.1 Å². The Morgan fingerprint density at radius 3 is 2.75 bits per heavy atom. The van der Waals surface area contributed by atoms with E-state index in [0.29, 0.717) is 25.9 Å². The molecule has 1 rings (SSSR count). The first kappa shape index (κ1) is 12.2. The molecule has 0 saturated heterocycles. The summed E-state index contributed by atoms with van der Waals surface area (Å²) in [5, 5.41) is 5.31. The maximum absolute atomic E-state index is 11.4. The lowest BCUT2D eigenvalue weighted by atomic mass is 10.2. The van der Waals surface area contributed by atoms with Crippen molar-refractivity contribution in [3.05, 3.63) is 30.1 Å². The van der Waals surface area contributed by atoms with Crippen molar-refractivity contribution < 1.29 is 9.59 Å². The van der Waals surface area contributed by atoms with Gasteiger partial charge in [-0.2, -0.15) is 0 Å². The van der Waals surface area contributed by atoms with Gasteiger partial charge in [-0.3, -0.25) is 14.6 Å². The molecule has 0 aliphatic rings. The van der Waals surface area contributed by atoms with Crippen molar-refractivity contribution in [3.63, 3.8) is 0 Å². The Morgan fingerprint density at radius 2 is 2.06 bits per heavy atom. The first-order valence-corrected chi connectivity index (χ1v) is 5.15. The number of carbonyl (C=O) groups excluding carboxylic acids is 2. The largest absolute Gasteiger partial charge is 0.359 e. The highest BCUT2D eigenvalue weighted by Crippen LogP contribution is 1.96. The van der Waals surface area contributed by atoms with Gasteiger partial charge in [0.05, 0.1) is 6.42 Å². The maximum Gasteiger partial charge on any atom is 0.224 e. The molecule has 0 atom stereocenters. The Morgan fingerprint density at radius 1 is 1.31 bits per heavy atom. The summed E-state index contributed by atoms with van der Waals surface area (Å²) in [5.74, 6) is -0.0164. The average Bonchev–Trinajstić information content (AvgIpc) is 2.30. The minimum atomic E-state index is -0.0164. The van der Waals surface area contributed by atoms with Crippen LogP contribution >= 0.6 is 0 Å². The predicted octanol–water partition coefficient (Wildman–Crippen LogP) is -0.124. The van der Waals surface area contributed by atoms with Crippen LogP contribution < -0.4 is 10.6 Å². The van der Waals surface area contributed by atoms with Crippen molar-refractivity contribution in [2.45, 2.75) is 12.8 Å². The molecule has 0 unspecified atom stereocenters. The van der Waals surface area contributed by atoms with Crippen molar-refractivity contribution in [1.82, 2.24) is 15.6 Å². The highest BCUT2D eigenvalue weighted by molar-refractivity contribution is 5.78. The van der Waals surface area contributed by atoms with Gasteiger partial charge in [0, 0.05) is 25.5 Å². The van der Waals surface area contributed by atoms with Crippen LogP contribution in [0, 0.1) is 0 Å². The molecule has 0 aromatic carbocycles. The van der Waals surface area contributed by atoms with Gasteiger partial charge in [0.15, 0.2) is 0 Å². The van der Waals surface area contributed by atoms with E-state index >= 15 is 0 Å². The number of rotatable bonds is 7. The molecule has 16 heavy (non-hydrogen) atoms. The SMILES string of the molecule is O=CNCCCNC(=O)Cc1ccncc1. The summed E-state index contributed by atoms with van der Waals surface area (Å²) in [5.41, 5.74) is 0.943. The van der Waals surface area contributed by atoms with Crippen LogP contribution in [0.4, 0.5) is 0 Å². The van der Waals surface area contributed by atoms with Gasteiger partial charge in [0.2, 0.25) is 12.3 Å². The second-order valence-electron chi connectivity index (χ2n) is 3.31. The molecule has 0 saturated carbocycles. The molecule has 0 bridgehead atoms. The number of hydrogen-bond donors (Lipinski definition) is 2. The van der Waals surface area contributed by atoms with Gasteiger partial charge in [0.25, 0.3) is 0 Å². The van der Waals surface area contributed by atoms with Crippen LogP contribution in [0.3, 0.4) is 0 Å². The highest BCUT2D eigenvalue weighted by atomic mass is 16.1. The number of hydrogen-bond acceptors (Lipinski definition) is 3. The minimum absolute atomic E-state index is 0.0164. The van der Waals surface area contributed by atoms with E-state index in [-0.39, 0.29) is 5.91 Å². The zero-order valence-corrected chi connectivity index (χ0v) is 8.98. The molecule has 1 aromatic heterocycles. The molecule has 1 aromatic rings. The van der Waals surface area contributed by atoms with E-state index in [1.807, 2.05) is 12.1 Å². The fourth-order valence-corrected chi connectivity index (χ4v) is 1.23. The van der Waals surface area contributed by atoms with Crippen LogP contribution in [0.1, 0.15) is 12.0 Å². The fourth-order valence-electron chi connectivity index (χ4n) is 1.23. The maximum atomic E-state index is 11.4. The molecule has 0 fully saturated rings. The molecule has 0 aliphatic heterocycles. The molecular weight excluding hydrogens is 206 g/mol. The van der Waals surface area contributed by atoms with Crippen LogP contribution in [0.25, 0.3) is 0 Å². The van der Waals surface area contributed by atoms with E-state index in [1.165, 1.54) is 0 Å². The Kier molecular flexibility index (Phi) is 5.62. The monoisotopic (exact) mass is 221 g/mol. The number of pyridine rings is 1. The molecule has 0 aliphatic carbocycles. The fraction of sp³-hybridized carbons (Fsp3) is 0.364. The summed E-state index contributed by atoms with van der Waals surface area (Å²) in [6, 6.07) is 3.63. The van der Waals surface area contributed by atoms with Gasteiger partial charge in [-0.05, 0) is 24.1 Å². The third kappa shape index (κ3) is 5.09. The molecule has 0 radical (unpaired) electrons. The Bertz CT molecular complexity index is 327. The number of aromatic nitrogens is 1. The summed E-state index contributed by atoms with van der Waals surface area (Å²) in [7, 11) is 0. The van der Waals surface area contributed by atoms with Crippen LogP contribution in [-0.4, -0.2) is 30.4 Å². The van der Waals surface area contributed by atoms with E-state index in [0.717, 1.165) is 12.0 Å². The third-order valence-electron chi connectivity index (χ3n) is 2.02. The number of nitrogens with one attached hydrogen (secondary N) is 2. The normalized spacial score (nSPS) is 9.50. The van der Waals surface area contributed by atoms with Crippen molar-refractivity contribution in [2.24, 2.45) is 0 Å². The summed E-state index contributed by atoms with van der Waals surface area (Å²) in [6.45, 7) is 1.16. The number of amides is 2. The Labute approximate surface area is 94.3 Å². The quantitative estimate of drug-likeness (QED) is 0.498. The Balaban J connectivity index is 2.14. The van der Waals surface area contributed by atoms with Crippen LogP contribution in [0.5, 0.6) is 0 Å². The predicted molar refractivity (Wildman–Crippen MR) is 59.6 cm³/mol. The average molecular weight is 221 g/mol. The summed E-state index contributed by atoms with van der Waals surface area (Å²) in [4.78, 5) is 25.2. The number of nitrogens with zero attached hydrogens (tertiary/aromatic N) is 1. The molecule has 0 spiro atoms. The van der Waals surface area contributed by atoms with Crippen LogP contribution in [0.2, 0.25) is 0 Å². The van der Waals surface area contributed by atoms with Crippen molar-refractivity contribution in [1.29, 1.82) is 0 Å². The van der Waals surface area contributed by atoms with Gasteiger partial charge in [-0.15, -0.1) is 0 Å². The van der Waals surface area contributed by atoms with Gasteiger partial charge < -0.3 is 10.6 Å². The second kappa shape index (κ2) is 7.39. The standard InChI is InChI=1S/C11H15N3O2/c15-9-13-4-1-5-14-11(16)8-10-2-6-12-7-3-10/h2-3,6-7,9H,1,4-5,8H2,(H,13,15)(H,14,16). The summed E-state index contributed by atoms with van der Waals surface area (Å²) < 4.78 is 0. The van der Waals surface area contributed by atoms with Gasteiger partial charge >= 0.3 is 0 Å². The van der Waals surface area contributed by atoms with E-state index in [4.69, 9.17) is 0 Å². The van der Waals surface area contributed by atoms with Crippen LogP contribution in [0.15, 0.2) is 24.5 Å². The van der Waals surface area contributed by atoms with E-state index in [1.54, 1.807) is 12.4 Å². The van der Waals surface area contributed by atoms with Crippen molar-refractivity contribution >= 4 is 12.3 Å². The Hall–Kier alpha value is -1.91. The van der Waals surface area contributed by atoms with Gasteiger partial charge in [0.1, 0.15) is 0 Å². The lowest BCUT2D eigenvalue weighted by Crippen LogP contribution is -2.28. The van der Waals surface area contributed by atoms with Crippen LogP contribution in [-0.2, 0) is 16.0 Å². The molecule has 1 heterocycles. The van der Waals surface area contributed by atoms with E-state index < -0.39 is 0 Å². The number of carbonyl (C=O) groups is 2. The third-order valence-corrected chi connectivity index (χ3v) is 2.02. The molecule has 2 N–H and O–H groups in total. The smallest absolute Gasteiger partial charge is 0.224 e. The van der Waals surface area contributed by atoms with Gasteiger partial charge in [-0.25, -0.2) is 0 Å². The molecule has 5 heteroatoms. The second-order valence-corrected chi connectivity index (χ2v) is 3.31. The van der Waals surface area contributed by atoms with E-state index in [9.17, 15) is 9.59 Å². The zero-order chi connectivity index (χ0) is 11.6. The first-order valence-electron chi connectivity index (χ1n) is 5.15. The molecule has 86 valence electrons. The van der Waals surface area contributed by atoms with Crippen molar-refractivity contribution in [3.8, 4) is 0 Å². The highest BCUT2D eigenvalue weighted by Gasteiger charge is 2.01. The lowest BCUT2D eigenvalue weighted by Gasteiger charge is -2.04. The topological polar surface area (TPSA) is 71.1 Å². The summed E-state index contributed by atoms with van der Waals surface area (Å²) >= 11 is 0. The minimum Gasteiger partial charge on any atom is -0.359 e. The van der Waals surface area contributed by atoms with E-state index in [2.05, 4.69) is 15.6 Å². The first-order chi connectivity index (χ1) is 7.83. The molecule has 2 amide bonds. The zero-order valence-electron chi connectivity index (χ0n) is 8.98. The molecule has 5 nitrogen and oxygen atoms in total. The van der Waals surface area contributed by atoms with Gasteiger partial charge in [-0.1, -0.05) is 0 Å². The lowest BCUT2D eigenvalue weighted by molar-refractivity contribution is -0.120.